The average molecular weight is 364 g/mol. The summed E-state index contributed by atoms with van der Waals surface area (Å²) in [6.45, 7) is 2.20. The van der Waals surface area contributed by atoms with Crippen LogP contribution in [0.25, 0.3) is 0 Å². The van der Waals surface area contributed by atoms with E-state index >= 15 is 0 Å². The molecule has 0 aliphatic rings. The van der Waals surface area contributed by atoms with Crippen molar-refractivity contribution in [2.75, 3.05) is 39.1 Å². The Morgan fingerprint density at radius 3 is 2.41 bits per heavy atom. The van der Waals surface area contributed by atoms with Crippen LogP contribution in [-0.4, -0.2) is 39.1 Å². The van der Waals surface area contributed by atoms with Crippen molar-refractivity contribution in [3.8, 4) is 0 Å². The maximum absolute atomic E-state index is 3.54. The zero-order valence-electron chi connectivity index (χ0n) is 10.7. The van der Waals surface area contributed by atoms with Crippen LogP contribution >= 0.6 is 31.9 Å². The van der Waals surface area contributed by atoms with Gasteiger partial charge in [-0.2, -0.15) is 0 Å². The van der Waals surface area contributed by atoms with E-state index in [1.807, 2.05) is 0 Å². The smallest absolute Gasteiger partial charge is 0.0416 e. The fraction of sp³-hybridized carbons (Fsp3) is 0.538. The number of nitrogens with zero attached hydrogens (tertiary/aromatic N) is 2. The van der Waals surface area contributed by atoms with Gasteiger partial charge in [0.25, 0.3) is 0 Å². The highest BCUT2D eigenvalue weighted by atomic mass is 79.9. The largest absolute Gasteiger partial charge is 0.374 e. The van der Waals surface area contributed by atoms with E-state index in [4.69, 9.17) is 0 Å². The van der Waals surface area contributed by atoms with E-state index in [0.29, 0.717) is 0 Å². The number of hydrogen-bond acceptors (Lipinski definition) is 2. The maximum Gasteiger partial charge on any atom is 0.0416 e. The number of halogens is 2. The Hall–Kier alpha value is -0.0600. The summed E-state index contributed by atoms with van der Waals surface area (Å²) >= 11 is 7.08. The fourth-order valence-electron chi connectivity index (χ4n) is 1.75. The third-order valence-electron chi connectivity index (χ3n) is 2.70. The second kappa shape index (κ2) is 7.39. The number of alkyl halides is 1. The summed E-state index contributed by atoms with van der Waals surface area (Å²) in [5.41, 5.74) is 2.63. The molecule has 17 heavy (non-hydrogen) atoms. The molecular weight excluding hydrogens is 344 g/mol. The van der Waals surface area contributed by atoms with Crippen LogP contribution in [-0.2, 0) is 5.33 Å². The first-order chi connectivity index (χ1) is 8.04. The van der Waals surface area contributed by atoms with E-state index in [1.54, 1.807) is 0 Å². The Balaban J connectivity index is 2.66. The second-order valence-electron chi connectivity index (χ2n) is 4.49. The van der Waals surface area contributed by atoms with Crippen LogP contribution in [0.1, 0.15) is 12.0 Å². The molecule has 2 nitrogen and oxygen atoms in total. The molecule has 0 aromatic heterocycles. The summed E-state index contributed by atoms with van der Waals surface area (Å²) in [6, 6.07) is 6.44. The van der Waals surface area contributed by atoms with E-state index in [2.05, 4.69) is 81.0 Å². The molecule has 0 unspecified atom stereocenters. The van der Waals surface area contributed by atoms with Crippen LogP contribution in [0.3, 0.4) is 0 Å². The molecule has 0 aliphatic carbocycles. The minimum atomic E-state index is 0.896. The van der Waals surface area contributed by atoms with Crippen LogP contribution in [0.5, 0.6) is 0 Å². The van der Waals surface area contributed by atoms with Crippen LogP contribution in [0, 0.1) is 0 Å². The third kappa shape index (κ3) is 4.98. The van der Waals surface area contributed by atoms with Crippen LogP contribution in [0.15, 0.2) is 22.7 Å². The van der Waals surface area contributed by atoms with Crippen molar-refractivity contribution in [2.45, 2.75) is 11.8 Å². The lowest BCUT2D eigenvalue weighted by molar-refractivity contribution is 0.401. The number of benzene rings is 1. The predicted molar refractivity (Wildman–Crippen MR) is 83.2 cm³/mol. The summed E-state index contributed by atoms with van der Waals surface area (Å²) in [4.78, 5) is 4.55. The predicted octanol–water partition coefficient (Wildman–Crippen LogP) is 3.73. The van der Waals surface area contributed by atoms with E-state index in [1.165, 1.54) is 17.7 Å². The molecule has 0 fully saturated rings. The van der Waals surface area contributed by atoms with Gasteiger partial charge >= 0.3 is 0 Å². The number of rotatable bonds is 6. The Kier molecular flexibility index (Phi) is 6.52. The highest BCUT2D eigenvalue weighted by Crippen LogP contribution is 2.26. The van der Waals surface area contributed by atoms with E-state index < -0.39 is 0 Å². The van der Waals surface area contributed by atoms with E-state index in [0.717, 1.165) is 22.9 Å². The molecule has 0 bridgehead atoms. The van der Waals surface area contributed by atoms with Crippen LogP contribution < -0.4 is 4.90 Å². The normalized spacial score (nSPS) is 10.9. The summed E-state index contributed by atoms with van der Waals surface area (Å²) in [5.74, 6) is 0. The molecule has 1 aromatic rings. The van der Waals surface area contributed by atoms with Crippen molar-refractivity contribution in [2.24, 2.45) is 0 Å². The molecule has 96 valence electrons. The molecule has 0 atom stereocenters. The van der Waals surface area contributed by atoms with Crippen molar-refractivity contribution in [1.82, 2.24) is 4.90 Å². The Labute approximate surface area is 121 Å². The monoisotopic (exact) mass is 362 g/mol. The topological polar surface area (TPSA) is 6.48 Å². The molecule has 0 N–H and O–H groups in total. The second-order valence-corrected chi connectivity index (χ2v) is 5.96. The molecule has 1 rings (SSSR count). The molecule has 0 spiro atoms. The highest BCUT2D eigenvalue weighted by Gasteiger charge is 2.07. The van der Waals surface area contributed by atoms with Crippen molar-refractivity contribution in [3.63, 3.8) is 0 Å². The SMILES string of the molecule is CN(C)CCCN(C)c1cc(Br)ccc1CBr. The van der Waals surface area contributed by atoms with Crippen LogP contribution in [0.2, 0.25) is 0 Å². The van der Waals surface area contributed by atoms with Gasteiger partial charge in [-0.15, -0.1) is 0 Å². The van der Waals surface area contributed by atoms with Gasteiger partial charge in [0.15, 0.2) is 0 Å². The first-order valence-electron chi connectivity index (χ1n) is 5.75. The minimum Gasteiger partial charge on any atom is -0.374 e. The van der Waals surface area contributed by atoms with Gasteiger partial charge in [-0.05, 0) is 44.8 Å². The lowest BCUT2D eigenvalue weighted by Crippen LogP contribution is -2.24. The molecule has 0 radical (unpaired) electrons. The lowest BCUT2D eigenvalue weighted by Gasteiger charge is -2.23. The molecule has 4 heteroatoms. The van der Waals surface area contributed by atoms with Gasteiger partial charge < -0.3 is 9.80 Å². The van der Waals surface area contributed by atoms with Gasteiger partial charge in [-0.3, -0.25) is 0 Å². The van der Waals surface area contributed by atoms with E-state index in [9.17, 15) is 0 Å². The van der Waals surface area contributed by atoms with E-state index in [-0.39, 0.29) is 0 Å². The van der Waals surface area contributed by atoms with Gasteiger partial charge in [0.1, 0.15) is 0 Å². The third-order valence-corrected chi connectivity index (χ3v) is 3.80. The summed E-state index contributed by atoms with van der Waals surface area (Å²) < 4.78 is 1.14. The molecular formula is C13H20Br2N2. The Bertz CT molecular complexity index is 353. The zero-order chi connectivity index (χ0) is 12.8. The van der Waals surface area contributed by atoms with Crippen LogP contribution in [0.4, 0.5) is 5.69 Å². The lowest BCUT2D eigenvalue weighted by atomic mass is 10.2. The molecule has 1 aromatic carbocycles. The zero-order valence-corrected chi connectivity index (χ0v) is 13.9. The minimum absolute atomic E-state index is 0.896. The molecule has 0 heterocycles. The first-order valence-corrected chi connectivity index (χ1v) is 7.66. The highest BCUT2D eigenvalue weighted by molar-refractivity contribution is 9.10. The molecule has 0 amide bonds. The Morgan fingerprint density at radius 2 is 1.82 bits per heavy atom. The number of hydrogen-bond donors (Lipinski definition) is 0. The first kappa shape index (κ1) is 15.0. The standard InChI is InChI=1S/C13H20Br2N2/c1-16(2)7-4-8-17(3)13-9-12(15)6-5-11(13)10-14/h5-6,9H,4,7-8,10H2,1-3H3. The summed E-state index contributed by atoms with van der Waals surface area (Å²) in [6.07, 6.45) is 1.18. The van der Waals surface area contributed by atoms with Gasteiger partial charge in [-0.1, -0.05) is 37.9 Å². The summed E-state index contributed by atoms with van der Waals surface area (Å²) in [5, 5.41) is 0.896. The maximum atomic E-state index is 3.54. The van der Waals surface area contributed by atoms with Crippen molar-refractivity contribution in [3.05, 3.63) is 28.2 Å². The van der Waals surface area contributed by atoms with Gasteiger partial charge in [0.2, 0.25) is 0 Å². The summed E-state index contributed by atoms with van der Waals surface area (Å²) in [7, 11) is 6.38. The quantitative estimate of drug-likeness (QED) is 0.710. The fourth-order valence-corrected chi connectivity index (χ4v) is 2.57. The number of anilines is 1. The molecule has 0 saturated carbocycles. The van der Waals surface area contributed by atoms with Gasteiger partial charge in [0.05, 0.1) is 0 Å². The molecule has 0 aliphatic heterocycles. The van der Waals surface area contributed by atoms with Crippen molar-refractivity contribution >= 4 is 37.5 Å². The Morgan fingerprint density at radius 1 is 1.12 bits per heavy atom. The van der Waals surface area contributed by atoms with Crippen molar-refractivity contribution < 1.29 is 0 Å². The van der Waals surface area contributed by atoms with Gasteiger partial charge in [-0.25, -0.2) is 0 Å². The average Bonchev–Trinajstić information content (AvgIpc) is 2.28. The van der Waals surface area contributed by atoms with Gasteiger partial charge in [0, 0.05) is 29.1 Å². The molecule has 0 saturated heterocycles. The van der Waals surface area contributed by atoms with Crippen molar-refractivity contribution in [1.29, 1.82) is 0 Å².